The Morgan fingerprint density at radius 3 is 2.05 bits per heavy atom. The molecule has 1 N–H and O–H groups in total. The molecule has 40 heavy (non-hydrogen) atoms. The topological polar surface area (TPSA) is 76.9 Å². The number of hydrogen-bond donors (Lipinski definition) is 1. The van der Waals surface area contributed by atoms with Gasteiger partial charge in [0, 0.05) is 30.4 Å². The summed E-state index contributed by atoms with van der Waals surface area (Å²) < 4.78 is 68.7. The number of sulfonamides is 1. The molecule has 0 radical (unpaired) electrons. The molecule has 0 saturated carbocycles. The molecule has 0 unspecified atom stereocenters. The van der Waals surface area contributed by atoms with Gasteiger partial charge < -0.3 is 4.23 Å². The lowest BCUT2D eigenvalue weighted by atomic mass is 10.1. The van der Waals surface area contributed by atoms with Crippen molar-refractivity contribution in [3.05, 3.63) is 83.8 Å². The molecule has 0 aliphatic carbocycles. The van der Waals surface area contributed by atoms with Crippen molar-refractivity contribution in [1.29, 1.82) is 0 Å². The number of aromatic nitrogens is 3. The molecule has 0 aliphatic rings. The minimum Gasteiger partial charge on any atom is -0.358 e. The number of nitrogens with one attached hydrogen (secondary N) is 1. The molecule has 0 bridgehead atoms. The van der Waals surface area contributed by atoms with Gasteiger partial charge in [-0.05, 0) is 70.2 Å². The van der Waals surface area contributed by atoms with Crippen LogP contribution in [0.2, 0.25) is 16.6 Å². The second kappa shape index (κ2) is 11.0. The first-order valence-electron chi connectivity index (χ1n) is 13.3. The summed E-state index contributed by atoms with van der Waals surface area (Å²) in [6.07, 6.45) is 1.75. The monoisotopic (exact) mass is 588 g/mol. The summed E-state index contributed by atoms with van der Waals surface area (Å²) in [5.41, 5.74) is 3.59. The predicted molar refractivity (Wildman–Crippen MR) is 155 cm³/mol. The van der Waals surface area contributed by atoms with Gasteiger partial charge in [-0.2, -0.15) is 13.2 Å². The van der Waals surface area contributed by atoms with Crippen LogP contribution in [0.1, 0.15) is 58.2 Å². The van der Waals surface area contributed by atoms with Crippen molar-refractivity contribution in [2.24, 2.45) is 0 Å². The van der Waals surface area contributed by atoms with Gasteiger partial charge >= 0.3 is 6.18 Å². The molecule has 214 valence electrons. The van der Waals surface area contributed by atoms with E-state index in [1.165, 1.54) is 0 Å². The van der Waals surface area contributed by atoms with Crippen LogP contribution in [0.3, 0.4) is 0 Å². The molecule has 0 atom stereocenters. The van der Waals surface area contributed by atoms with Crippen LogP contribution in [0.5, 0.6) is 0 Å². The maximum absolute atomic E-state index is 12.8. The lowest BCUT2D eigenvalue weighted by Gasteiger charge is -2.44. The smallest absolute Gasteiger partial charge is 0.358 e. The van der Waals surface area contributed by atoms with E-state index in [4.69, 9.17) is 4.98 Å². The molecule has 3 heterocycles. The van der Waals surface area contributed by atoms with Gasteiger partial charge in [-0.15, -0.1) is 0 Å². The third-order valence-corrected chi connectivity index (χ3v) is 15.9. The van der Waals surface area contributed by atoms with Crippen LogP contribution < -0.4 is 4.72 Å². The molecule has 6 nitrogen and oxygen atoms in total. The zero-order valence-corrected chi connectivity index (χ0v) is 25.3. The van der Waals surface area contributed by atoms with Crippen LogP contribution in [0, 0.1) is 0 Å². The summed E-state index contributed by atoms with van der Waals surface area (Å²) in [6, 6.07) is 10.7. The number of hydrogen-bond acceptors (Lipinski definition) is 4. The highest BCUT2D eigenvalue weighted by Gasteiger charge is 2.46. The third-order valence-electron chi connectivity index (χ3n) is 7.79. The van der Waals surface area contributed by atoms with E-state index in [2.05, 4.69) is 67.7 Å². The maximum atomic E-state index is 12.8. The summed E-state index contributed by atoms with van der Waals surface area (Å²) in [6.45, 7) is 13.9. The molecule has 4 aromatic rings. The quantitative estimate of drug-likeness (QED) is 0.202. The number of fused-ring (bicyclic) bond motifs is 1. The Labute approximate surface area is 234 Å². The Balaban J connectivity index is 1.61. The molecular formula is C29H35F3N4O2SSi. The average molecular weight is 589 g/mol. The number of anilines is 1. The standard InChI is InChI=1S/C29H35F3N4O2SSi/c1-19(2)40(20(3)4,21(5)6)36-18-23(26-8-7-15-33-28(26)36)16-22-9-14-27(34-17-22)35-39(37,38)25-12-10-24(11-13-25)29(30,31)32/h7-15,17-21H,16H2,1-6H3,(H,34,35). The average Bonchev–Trinajstić information content (AvgIpc) is 3.22. The number of rotatable bonds is 9. The largest absolute Gasteiger partial charge is 0.416 e. The molecule has 0 spiro atoms. The van der Waals surface area contributed by atoms with Crippen LogP contribution in [0.15, 0.2) is 72.0 Å². The van der Waals surface area contributed by atoms with Crippen molar-refractivity contribution in [1.82, 2.24) is 14.2 Å². The van der Waals surface area contributed by atoms with E-state index < -0.39 is 30.0 Å². The van der Waals surface area contributed by atoms with Gasteiger partial charge in [0.15, 0.2) is 8.24 Å². The van der Waals surface area contributed by atoms with Gasteiger partial charge in [0.2, 0.25) is 0 Å². The van der Waals surface area contributed by atoms with E-state index in [-0.39, 0.29) is 10.7 Å². The Morgan fingerprint density at radius 1 is 0.900 bits per heavy atom. The second-order valence-electron chi connectivity index (χ2n) is 11.1. The first kappa shape index (κ1) is 29.8. The fraction of sp³-hybridized carbons (Fsp3) is 0.379. The van der Waals surface area contributed by atoms with Crippen molar-refractivity contribution < 1.29 is 21.6 Å². The van der Waals surface area contributed by atoms with Crippen LogP contribution in [0.25, 0.3) is 11.0 Å². The van der Waals surface area contributed by atoms with Crippen molar-refractivity contribution in [2.75, 3.05) is 4.72 Å². The molecule has 0 fully saturated rings. The zero-order chi connectivity index (χ0) is 29.5. The van der Waals surface area contributed by atoms with Crippen molar-refractivity contribution in [3.8, 4) is 0 Å². The van der Waals surface area contributed by atoms with Crippen LogP contribution in [-0.2, 0) is 22.6 Å². The molecule has 11 heteroatoms. The van der Waals surface area contributed by atoms with Crippen molar-refractivity contribution in [2.45, 2.75) is 75.7 Å². The number of alkyl halides is 3. The Morgan fingerprint density at radius 2 is 1.52 bits per heavy atom. The highest BCUT2D eigenvalue weighted by atomic mass is 32.2. The second-order valence-corrected chi connectivity index (χ2v) is 18.5. The zero-order valence-electron chi connectivity index (χ0n) is 23.5. The minimum absolute atomic E-state index is 0.0820. The first-order chi connectivity index (χ1) is 18.7. The van der Waals surface area contributed by atoms with Crippen LogP contribution in [-0.4, -0.2) is 30.9 Å². The van der Waals surface area contributed by atoms with Gasteiger partial charge in [-0.1, -0.05) is 47.6 Å². The van der Waals surface area contributed by atoms with Gasteiger partial charge in [0.05, 0.1) is 10.5 Å². The van der Waals surface area contributed by atoms with Crippen molar-refractivity contribution >= 4 is 35.1 Å². The van der Waals surface area contributed by atoms with E-state index in [0.717, 1.165) is 46.4 Å². The van der Waals surface area contributed by atoms with E-state index >= 15 is 0 Å². The molecule has 0 saturated heterocycles. The summed E-state index contributed by atoms with van der Waals surface area (Å²) in [7, 11) is -6.15. The number of pyridine rings is 2. The predicted octanol–water partition coefficient (Wildman–Crippen LogP) is 7.87. The lowest BCUT2D eigenvalue weighted by molar-refractivity contribution is -0.137. The highest BCUT2D eigenvalue weighted by Crippen LogP contribution is 2.44. The molecule has 0 aliphatic heterocycles. The third kappa shape index (κ3) is 5.53. The van der Waals surface area contributed by atoms with Gasteiger partial charge in [0.25, 0.3) is 10.0 Å². The fourth-order valence-corrected chi connectivity index (χ4v) is 13.8. The molecule has 1 aromatic carbocycles. The summed E-state index contributed by atoms with van der Waals surface area (Å²) in [5.74, 6) is 0.0820. The Bertz CT molecular complexity index is 1560. The Hall–Kier alpha value is -3.18. The van der Waals surface area contributed by atoms with Crippen LogP contribution >= 0.6 is 0 Å². The summed E-state index contributed by atoms with van der Waals surface area (Å²) in [4.78, 5) is 8.80. The normalized spacial score (nSPS) is 13.1. The molecular weight excluding hydrogens is 553 g/mol. The summed E-state index contributed by atoms with van der Waals surface area (Å²) >= 11 is 0. The number of benzene rings is 1. The maximum Gasteiger partial charge on any atom is 0.416 e. The van der Waals surface area contributed by atoms with E-state index in [9.17, 15) is 21.6 Å². The molecule has 4 rings (SSSR count). The molecule has 0 amide bonds. The van der Waals surface area contributed by atoms with E-state index in [0.29, 0.717) is 23.0 Å². The van der Waals surface area contributed by atoms with Crippen LogP contribution in [0.4, 0.5) is 19.0 Å². The van der Waals surface area contributed by atoms with Gasteiger partial charge in [0.1, 0.15) is 11.5 Å². The van der Waals surface area contributed by atoms with Gasteiger partial charge in [-0.25, -0.2) is 18.4 Å². The number of halogens is 3. The SMILES string of the molecule is CC(C)[Si](C(C)C)(C(C)C)n1cc(Cc2ccc(NS(=O)(=O)c3ccc(C(F)(F)F)cc3)nc2)c2cccnc21. The van der Waals surface area contributed by atoms with Gasteiger partial charge in [-0.3, -0.25) is 4.72 Å². The lowest BCUT2D eigenvalue weighted by Crippen LogP contribution is -2.51. The number of nitrogens with zero attached hydrogens (tertiary/aromatic N) is 3. The first-order valence-corrected chi connectivity index (χ1v) is 16.9. The Kier molecular flexibility index (Phi) is 8.19. The summed E-state index contributed by atoms with van der Waals surface area (Å²) in [5, 5.41) is 1.09. The van der Waals surface area contributed by atoms with E-state index in [1.807, 2.05) is 12.3 Å². The van der Waals surface area contributed by atoms with Crippen molar-refractivity contribution in [3.63, 3.8) is 0 Å². The minimum atomic E-state index is -4.54. The van der Waals surface area contributed by atoms with E-state index in [1.54, 1.807) is 18.3 Å². The fourth-order valence-electron chi connectivity index (χ4n) is 6.23. The molecule has 3 aromatic heterocycles. The highest BCUT2D eigenvalue weighted by molar-refractivity contribution is 7.92.